The number of carbonyl (C=O) groups excluding carboxylic acids is 2. The third-order valence-electron chi connectivity index (χ3n) is 3.50. The fraction of sp³-hybridized carbons (Fsp3) is 0.833. The fourth-order valence-electron chi connectivity index (χ4n) is 2.36. The van der Waals surface area contributed by atoms with Gasteiger partial charge in [0.25, 0.3) is 0 Å². The minimum Gasteiger partial charge on any atom is -0.469 e. The molecular formula is C12H20N2O3. The summed E-state index contributed by atoms with van der Waals surface area (Å²) in [5.41, 5.74) is 0. The van der Waals surface area contributed by atoms with Gasteiger partial charge in [-0.1, -0.05) is 6.92 Å². The summed E-state index contributed by atoms with van der Waals surface area (Å²) in [6, 6.07) is 0.402. The van der Waals surface area contributed by atoms with Crippen LogP contribution < -0.4 is 5.32 Å². The van der Waals surface area contributed by atoms with Crippen molar-refractivity contribution in [1.29, 1.82) is 0 Å². The van der Waals surface area contributed by atoms with Crippen LogP contribution in [0.2, 0.25) is 0 Å². The molecule has 1 aliphatic carbocycles. The Morgan fingerprint density at radius 1 is 1.35 bits per heavy atom. The van der Waals surface area contributed by atoms with E-state index in [1.165, 1.54) is 7.11 Å². The number of ether oxygens (including phenoxy) is 1. The van der Waals surface area contributed by atoms with Crippen LogP contribution in [0.1, 0.15) is 19.8 Å². The average Bonchev–Trinajstić information content (AvgIpc) is 3.00. The summed E-state index contributed by atoms with van der Waals surface area (Å²) in [4.78, 5) is 25.2. The molecule has 0 aromatic carbocycles. The second kappa shape index (κ2) is 5.04. The number of amides is 1. The van der Waals surface area contributed by atoms with Gasteiger partial charge in [0, 0.05) is 19.1 Å². The number of hydrogen-bond acceptors (Lipinski definition) is 4. The molecule has 2 rings (SSSR count). The Morgan fingerprint density at radius 2 is 2.06 bits per heavy atom. The Hall–Kier alpha value is -1.10. The van der Waals surface area contributed by atoms with Crippen molar-refractivity contribution in [2.75, 3.05) is 26.7 Å². The van der Waals surface area contributed by atoms with Gasteiger partial charge in [0.1, 0.15) is 0 Å². The minimum absolute atomic E-state index is 0.0743. The van der Waals surface area contributed by atoms with Gasteiger partial charge >= 0.3 is 5.97 Å². The molecule has 2 atom stereocenters. The largest absolute Gasteiger partial charge is 0.469 e. The molecule has 1 N–H and O–H groups in total. The van der Waals surface area contributed by atoms with E-state index in [1.807, 2.05) is 11.8 Å². The number of methoxy groups -OCH3 is 1. The van der Waals surface area contributed by atoms with Gasteiger partial charge in [0.15, 0.2) is 0 Å². The lowest BCUT2D eigenvalue weighted by molar-refractivity contribution is -0.146. The number of esters is 1. The molecule has 5 heteroatoms. The third kappa shape index (κ3) is 3.19. The Bertz CT molecular complexity index is 315. The zero-order valence-electron chi connectivity index (χ0n) is 10.4. The first-order valence-corrected chi connectivity index (χ1v) is 6.19. The molecule has 1 aliphatic heterocycles. The molecule has 2 unspecified atom stereocenters. The zero-order chi connectivity index (χ0) is 12.4. The Labute approximate surface area is 101 Å². The number of nitrogens with one attached hydrogen (secondary N) is 1. The summed E-state index contributed by atoms with van der Waals surface area (Å²) in [6.45, 7) is 3.85. The molecule has 0 aromatic rings. The summed E-state index contributed by atoms with van der Waals surface area (Å²) in [5, 5.41) is 2.96. The van der Waals surface area contributed by atoms with E-state index in [0.29, 0.717) is 19.1 Å². The predicted octanol–water partition coefficient (Wildman–Crippen LogP) is 0.00590. The third-order valence-corrected chi connectivity index (χ3v) is 3.50. The fourth-order valence-corrected chi connectivity index (χ4v) is 2.36. The first-order valence-electron chi connectivity index (χ1n) is 6.19. The highest BCUT2D eigenvalue weighted by atomic mass is 16.5. The first-order chi connectivity index (χ1) is 8.10. The number of carbonyl (C=O) groups is 2. The SMILES string of the molecule is COC(=O)C1CN(CC(=O)NC2CC2)CC1C. The van der Waals surface area contributed by atoms with E-state index in [1.54, 1.807) is 0 Å². The van der Waals surface area contributed by atoms with Gasteiger partial charge in [-0.2, -0.15) is 0 Å². The topological polar surface area (TPSA) is 58.6 Å². The zero-order valence-corrected chi connectivity index (χ0v) is 10.4. The van der Waals surface area contributed by atoms with E-state index < -0.39 is 0 Å². The van der Waals surface area contributed by atoms with E-state index in [-0.39, 0.29) is 23.7 Å². The van der Waals surface area contributed by atoms with Crippen molar-refractivity contribution >= 4 is 11.9 Å². The molecule has 1 heterocycles. The van der Waals surface area contributed by atoms with Crippen molar-refractivity contribution in [3.05, 3.63) is 0 Å². The summed E-state index contributed by atoms with van der Waals surface area (Å²) < 4.78 is 4.77. The summed E-state index contributed by atoms with van der Waals surface area (Å²) >= 11 is 0. The van der Waals surface area contributed by atoms with Gasteiger partial charge in [0.05, 0.1) is 19.6 Å². The van der Waals surface area contributed by atoms with Crippen molar-refractivity contribution in [3.63, 3.8) is 0 Å². The molecule has 96 valence electrons. The Kier molecular flexibility index (Phi) is 3.66. The van der Waals surface area contributed by atoms with Gasteiger partial charge < -0.3 is 10.1 Å². The lowest BCUT2D eigenvalue weighted by Gasteiger charge is -2.14. The van der Waals surface area contributed by atoms with E-state index in [9.17, 15) is 9.59 Å². The molecule has 17 heavy (non-hydrogen) atoms. The second-order valence-electron chi connectivity index (χ2n) is 5.14. The molecule has 0 bridgehead atoms. The average molecular weight is 240 g/mol. The smallest absolute Gasteiger partial charge is 0.310 e. The van der Waals surface area contributed by atoms with Crippen molar-refractivity contribution in [1.82, 2.24) is 10.2 Å². The Balaban J connectivity index is 1.79. The maximum absolute atomic E-state index is 11.6. The highest BCUT2D eigenvalue weighted by molar-refractivity contribution is 5.79. The van der Waals surface area contributed by atoms with Crippen molar-refractivity contribution in [3.8, 4) is 0 Å². The van der Waals surface area contributed by atoms with Gasteiger partial charge in [-0.15, -0.1) is 0 Å². The van der Waals surface area contributed by atoms with Gasteiger partial charge in [-0.25, -0.2) is 0 Å². The van der Waals surface area contributed by atoms with Gasteiger partial charge in [0.2, 0.25) is 5.91 Å². The molecule has 1 saturated carbocycles. The minimum atomic E-state index is -0.164. The highest BCUT2D eigenvalue weighted by Crippen LogP contribution is 2.24. The maximum Gasteiger partial charge on any atom is 0.310 e. The number of rotatable bonds is 4. The van der Waals surface area contributed by atoms with Crippen molar-refractivity contribution in [2.45, 2.75) is 25.8 Å². The molecule has 2 fully saturated rings. The second-order valence-corrected chi connectivity index (χ2v) is 5.14. The molecule has 0 aromatic heterocycles. The monoisotopic (exact) mass is 240 g/mol. The molecule has 2 aliphatic rings. The van der Waals surface area contributed by atoms with Gasteiger partial charge in [-0.05, 0) is 18.8 Å². The summed E-state index contributed by atoms with van der Waals surface area (Å²) in [6.07, 6.45) is 2.21. The molecule has 1 saturated heterocycles. The van der Waals surface area contributed by atoms with E-state index in [4.69, 9.17) is 4.74 Å². The normalized spacial score (nSPS) is 29.1. The van der Waals surface area contributed by atoms with Crippen LogP contribution in [-0.4, -0.2) is 49.6 Å². The lowest BCUT2D eigenvalue weighted by atomic mass is 9.99. The van der Waals surface area contributed by atoms with Crippen LogP contribution in [-0.2, 0) is 14.3 Å². The first kappa shape index (κ1) is 12.4. The maximum atomic E-state index is 11.6. The molecule has 0 radical (unpaired) electrons. The van der Waals surface area contributed by atoms with E-state index in [2.05, 4.69) is 5.32 Å². The molecular weight excluding hydrogens is 220 g/mol. The van der Waals surface area contributed by atoms with Gasteiger partial charge in [-0.3, -0.25) is 14.5 Å². The quantitative estimate of drug-likeness (QED) is 0.703. The summed E-state index contributed by atoms with van der Waals surface area (Å²) in [7, 11) is 1.41. The molecule has 1 amide bonds. The van der Waals surface area contributed by atoms with Crippen molar-refractivity contribution in [2.24, 2.45) is 11.8 Å². The van der Waals surface area contributed by atoms with Crippen LogP contribution in [0.4, 0.5) is 0 Å². The number of nitrogens with zero attached hydrogens (tertiary/aromatic N) is 1. The standard InChI is InChI=1S/C12H20N2O3/c1-8-5-14(6-10(8)12(16)17-2)7-11(15)13-9-3-4-9/h8-10H,3-7H2,1-2H3,(H,13,15). The van der Waals surface area contributed by atoms with E-state index >= 15 is 0 Å². The Morgan fingerprint density at radius 3 is 2.65 bits per heavy atom. The predicted molar refractivity (Wildman–Crippen MR) is 62.3 cm³/mol. The van der Waals surface area contributed by atoms with Crippen LogP contribution in [0.3, 0.4) is 0 Å². The number of hydrogen-bond donors (Lipinski definition) is 1. The van der Waals surface area contributed by atoms with E-state index in [0.717, 1.165) is 19.4 Å². The highest BCUT2D eigenvalue weighted by Gasteiger charge is 2.36. The summed E-state index contributed by atoms with van der Waals surface area (Å²) in [5.74, 6) is 0.0812. The van der Waals surface area contributed by atoms with Crippen molar-refractivity contribution < 1.29 is 14.3 Å². The van der Waals surface area contributed by atoms with Crippen LogP contribution in [0.15, 0.2) is 0 Å². The van der Waals surface area contributed by atoms with Crippen LogP contribution >= 0.6 is 0 Å². The van der Waals surface area contributed by atoms with Crippen LogP contribution in [0.5, 0.6) is 0 Å². The van der Waals surface area contributed by atoms with Crippen LogP contribution in [0, 0.1) is 11.8 Å². The molecule has 5 nitrogen and oxygen atoms in total. The number of likely N-dealkylation sites (tertiary alicyclic amines) is 1. The lowest BCUT2D eigenvalue weighted by Crippen LogP contribution is -2.37. The van der Waals surface area contributed by atoms with Crippen LogP contribution in [0.25, 0.3) is 0 Å². The molecule has 0 spiro atoms.